The Bertz CT molecular complexity index is 872. The molecule has 10 nitrogen and oxygen atoms in total. The van der Waals surface area contributed by atoms with Gasteiger partial charge in [-0.2, -0.15) is 5.10 Å². The average molecular weight is 373 g/mol. The molecule has 0 aliphatic heterocycles. The average Bonchev–Trinajstić information content (AvgIpc) is 3.17. The van der Waals surface area contributed by atoms with Crippen molar-refractivity contribution < 1.29 is 19.6 Å². The second-order valence-electron chi connectivity index (χ2n) is 6.82. The number of nitro groups is 1. The lowest BCUT2D eigenvalue weighted by Gasteiger charge is -2.36. The van der Waals surface area contributed by atoms with Gasteiger partial charge in [0.15, 0.2) is 0 Å². The molecule has 0 bridgehead atoms. The van der Waals surface area contributed by atoms with Gasteiger partial charge in [0.25, 0.3) is 11.6 Å². The van der Waals surface area contributed by atoms with Gasteiger partial charge in [0.2, 0.25) is 0 Å². The molecule has 2 N–H and O–H groups in total. The molecule has 1 fully saturated rings. The van der Waals surface area contributed by atoms with E-state index in [1.54, 1.807) is 0 Å². The molecule has 0 unspecified atom stereocenters. The summed E-state index contributed by atoms with van der Waals surface area (Å²) < 4.78 is 1.22. The first-order valence-corrected chi connectivity index (χ1v) is 8.52. The summed E-state index contributed by atoms with van der Waals surface area (Å²) in [6, 6.07) is 3.91. The lowest BCUT2D eigenvalue weighted by Crippen LogP contribution is -2.56. The summed E-state index contributed by atoms with van der Waals surface area (Å²) in [6.45, 7) is 2.04. The zero-order valence-corrected chi connectivity index (χ0v) is 14.7. The van der Waals surface area contributed by atoms with Crippen LogP contribution in [0.1, 0.15) is 43.0 Å². The van der Waals surface area contributed by atoms with Gasteiger partial charge >= 0.3 is 5.97 Å². The van der Waals surface area contributed by atoms with Crippen molar-refractivity contribution >= 4 is 17.6 Å². The SMILES string of the molecule is CC1CCC(NC(=O)c2ccc(-n3cncn3)c([N+](=O)[O-])c2)(C(=O)O)CC1. The molecule has 1 aliphatic carbocycles. The highest BCUT2D eigenvalue weighted by Crippen LogP contribution is 2.33. The quantitative estimate of drug-likeness (QED) is 0.603. The summed E-state index contributed by atoms with van der Waals surface area (Å²) in [5.41, 5.74) is -1.49. The number of carboxylic acid groups (broad SMARTS) is 1. The fourth-order valence-electron chi connectivity index (χ4n) is 3.27. The largest absolute Gasteiger partial charge is 0.480 e. The summed E-state index contributed by atoms with van der Waals surface area (Å²) in [7, 11) is 0. The molecule has 0 spiro atoms. The number of amides is 1. The van der Waals surface area contributed by atoms with Crippen LogP contribution in [0.5, 0.6) is 0 Å². The first-order valence-electron chi connectivity index (χ1n) is 8.52. The van der Waals surface area contributed by atoms with Crippen molar-refractivity contribution in [2.75, 3.05) is 0 Å². The molecule has 3 rings (SSSR count). The van der Waals surface area contributed by atoms with Gasteiger partial charge in [-0.15, -0.1) is 0 Å². The van der Waals surface area contributed by atoms with Crippen molar-refractivity contribution in [2.24, 2.45) is 5.92 Å². The maximum absolute atomic E-state index is 12.6. The molecule has 1 aromatic carbocycles. The smallest absolute Gasteiger partial charge is 0.329 e. The number of hydrogen-bond donors (Lipinski definition) is 2. The van der Waals surface area contributed by atoms with E-state index in [2.05, 4.69) is 15.4 Å². The van der Waals surface area contributed by atoms with Crippen LogP contribution >= 0.6 is 0 Å². The molecule has 0 atom stereocenters. The molecule has 0 radical (unpaired) electrons. The van der Waals surface area contributed by atoms with E-state index < -0.39 is 22.3 Å². The van der Waals surface area contributed by atoms with Crippen LogP contribution < -0.4 is 5.32 Å². The van der Waals surface area contributed by atoms with Crippen molar-refractivity contribution in [1.29, 1.82) is 0 Å². The third kappa shape index (κ3) is 3.64. The predicted octanol–water partition coefficient (Wildman–Crippen LogP) is 1.94. The van der Waals surface area contributed by atoms with Crippen molar-refractivity contribution in [2.45, 2.75) is 38.1 Å². The lowest BCUT2D eigenvalue weighted by molar-refractivity contribution is -0.384. The second-order valence-corrected chi connectivity index (χ2v) is 6.82. The van der Waals surface area contributed by atoms with E-state index in [1.807, 2.05) is 6.92 Å². The Morgan fingerprint density at radius 1 is 1.37 bits per heavy atom. The molecule has 27 heavy (non-hydrogen) atoms. The number of carboxylic acids is 1. The minimum absolute atomic E-state index is 0.0183. The standard InChI is InChI=1S/C17H19N5O5/c1-11-4-6-17(7-5-11,16(24)25)20-15(23)12-2-3-13(14(8-12)22(26)27)21-10-18-9-19-21/h2-3,8-11H,4-7H2,1H3,(H,20,23)(H,24,25). The maximum atomic E-state index is 12.6. The third-order valence-electron chi connectivity index (χ3n) is 4.99. The summed E-state index contributed by atoms with van der Waals surface area (Å²) in [4.78, 5) is 39.0. The number of carbonyl (C=O) groups is 2. The van der Waals surface area contributed by atoms with Crippen molar-refractivity contribution in [1.82, 2.24) is 20.1 Å². The van der Waals surface area contributed by atoms with Gasteiger partial charge in [-0.3, -0.25) is 14.9 Å². The Labute approximate surface area is 154 Å². The van der Waals surface area contributed by atoms with Gasteiger partial charge in [0.1, 0.15) is 23.9 Å². The van der Waals surface area contributed by atoms with Crippen LogP contribution in [0.4, 0.5) is 5.69 Å². The van der Waals surface area contributed by atoms with Crippen LogP contribution in [0.15, 0.2) is 30.9 Å². The topological polar surface area (TPSA) is 140 Å². The van der Waals surface area contributed by atoms with Gasteiger partial charge in [-0.1, -0.05) is 6.92 Å². The molecular weight excluding hydrogens is 354 g/mol. The number of carbonyl (C=O) groups excluding carboxylic acids is 1. The van der Waals surface area contributed by atoms with Crippen LogP contribution in [-0.2, 0) is 4.79 Å². The number of nitro benzene ring substituents is 1. The number of aromatic nitrogens is 3. The Morgan fingerprint density at radius 2 is 2.07 bits per heavy atom. The Morgan fingerprint density at radius 3 is 2.63 bits per heavy atom. The van der Waals surface area contributed by atoms with Crippen molar-refractivity contribution in [3.8, 4) is 5.69 Å². The lowest BCUT2D eigenvalue weighted by atomic mass is 9.77. The van der Waals surface area contributed by atoms with E-state index in [0.717, 1.165) is 6.07 Å². The fraction of sp³-hybridized carbons (Fsp3) is 0.412. The molecule has 1 heterocycles. The Kier molecular flexibility index (Phi) is 4.89. The Hall–Kier alpha value is -3.30. The number of nitrogens with zero attached hydrogens (tertiary/aromatic N) is 4. The highest BCUT2D eigenvalue weighted by Gasteiger charge is 2.42. The van der Waals surface area contributed by atoms with Crippen LogP contribution in [0.25, 0.3) is 5.69 Å². The molecular formula is C17H19N5O5. The van der Waals surface area contributed by atoms with E-state index in [0.29, 0.717) is 31.6 Å². The number of nitrogens with one attached hydrogen (secondary N) is 1. The highest BCUT2D eigenvalue weighted by atomic mass is 16.6. The van der Waals surface area contributed by atoms with Gasteiger partial charge in [0, 0.05) is 11.6 Å². The molecule has 1 saturated carbocycles. The second kappa shape index (κ2) is 7.14. The summed E-state index contributed by atoms with van der Waals surface area (Å²) >= 11 is 0. The third-order valence-corrected chi connectivity index (χ3v) is 4.99. The van der Waals surface area contributed by atoms with Gasteiger partial charge in [-0.05, 0) is 43.7 Å². The van der Waals surface area contributed by atoms with Gasteiger partial charge in [0.05, 0.1) is 4.92 Å². The minimum atomic E-state index is -1.34. The fourth-order valence-corrected chi connectivity index (χ4v) is 3.27. The van der Waals surface area contributed by atoms with Crippen LogP contribution in [0, 0.1) is 16.0 Å². The van der Waals surface area contributed by atoms with E-state index in [9.17, 15) is 24.8 Å². The first kappa shape index (κ1) is 18.5. The normalized spacial score (nSPS) is 22.2. The van der Waals surface area contributed by atoms with E-state index in [4.69, 9.17) is 0 Å². The van der Waals surface area contributed by atoms with Crippen LogP contribution in [0.3, 0.4) is 0 Å². The van der Waals surface area contributed by atoms with Crippen LogP contribution in [-0.4, -0.2) is 42.2 Å². The molecule has 0 saturated heterocycles. The van der Waals surface area contributed by atoms with E-state index in [1.165, 1.54) is 29.5 Å². The highest BCUT2D eigenvalue weighted by molar-refractivity contribution is 5.98. The van der Waals surface area contributed by atoms with E-state index >= 15 is 0 Å². The van der Waals surface area contributed by atoms with Gasteiger partial charge in [-0.25, -0.2) is 14.5 Å². The number of rotatable bonds is 5. The van der Waals surface area contributed by atoms with Gasteiger partial charge < -0.3 is 10.4 Å². The monoisotopic (exact) mass is 373 g/mol. The molecule has 1 aliphatic rings. The molecule has 10 heteroatoms. The summed E-state index contributed by atoms with van der Waals surface area (Å²) in [5.74, 6) is -1.34. The number of aliphatic carboxylic acids is 1. The Balaban J connectivity index is 1.89. The first-order chi connectivity index (χ1) is 12.8. The zero-order chi connectivity index (χ0) is 19.6. The predicted molar refractivity (Wildman–Crippen MR) is 93.5 cm³/mol. The molecule has 1 amide bonds. The van der Waals surface area contributed by atoms with Crippen molar-refractivity contribution in [3.05, 3.63) is 46.5 Å². The molecule has 2 aromatic rings. The number of hydrogen-bond acceptors (Lipinski definition) is 6. The number of benzene rings is 1. The van der Waals surface area contributed by atoms with Crippen LogP contribution in [0.2, 0.25) is 0 Å². The maximum Gasteiger partial charge on any atom is 0.329 e. The minimum Gasteiger partial charge on any atom is -0.480 e. The molecule has 142 valence electrons. The summed E-state index contributed by atoms with van der Waals surface area (Å²) in [5, 5.41) is 27.5. The van der Waals surface area contributed by atoms with Crippen molar-refractivity contribution in [3.63, 3.8) is 0 Å². The van der Waals surface area contributed by atoms with E-state index in [-0.39, 0.29) is 16.9 Å². The molecule has 1 aromatic heterocycles. The zero-order valence-electron chi connectivity index (χ0n) is 14.7. The summed E-state index contributed by atoms with van der Waals surface area (Å²) in [6.07, 6.45) is 4.59.